The molecule has 162 valence electrons. The Labute approximate surface area is 181 Å². The molecule has 3 rings (SSSR count). The van der Waals surface area contributed by atoms with Crippen LogP contribution >= 0.6 is 0 Å². The Morgan fingerprint density at radius 1 is 0.968 bits per heavy atom. The normalized spacial score (nSPS) is 10.6. The molecule has 0 aliphatic rings. The van der Waals surface area contributed by atoms with Gasteiger partial charge in [-0.25, -0.2) is 0 Å². The monoisotopic (exact) mass is 422 g/mol. The first-order valence-electron chi connectivity index (χ1n) is 9.99. The highest BCUT2D eigenvalue weighted by atomic mass is 16.5. The van der Waals surface area contributed by atoms with E-state index in [4.69, 9.17) is 9.26 Å². The Bertz CT molecular complexity index is 1030. The van der Waals surface area contributed by atoms with Crippen molar-refractivity contribution in [1.29, 1.82) is 0 Å². The largest absolute Gasteiger partial charge is 0.485 e. The molecule has 1 aromatic heterocycles. The lowest BCUT2D eigenvalue weighted by Gasteiger charge is -2.21. The third-order valence-electron chi connectivity index (χ3n) is 4.69. The molecule has 3 aromatic rings. The van der Waals surface area contributed by atoms with E-state index in [-0.39, 0.29) is 18.4 Å². The van der Waals surface area contributed by atoms with Crippen molar-refractivity contribution in [3.8, 4) is 5.75 Å². The third kappa shape index (κ3) is 5.69. The van der Waals surface area contributed by atoms with Crippen LogP contribution in [0.4, 0.5) is 0 Å². The summed E-state index contributed by atoms with van der Waals surface area (Å²) in [5.74, 6) is 1.44. The number of benzene rings is 2. The summed E-state index contributed by atoms with van der Waals surface area (Å²) in [6.07, 6.45) is 0. The second-order valence-corrected chi connectivity index (χ2v) is 7.26. The summed E-state index contributed by atoms with van der Waals surface area (Å²) in [6.45, 7) is 4.87. The van der Waals surface area contributed by atoms with Crippen LogP contribution in [0.3, 0.4) is 0 Å². The van der Waals surface area contributed by atoms with Crippen LogP contribution in [0, 0.1) is 6.92 Å². The molecule has 0 saturated carbocycles. The van der Waals surface area contributed by atoms with Crippen LogP contribution in [0.25, 0.3) is 0 Å². The molecule has 0 unspecified atom stereocenters. The van der Waals surface area contributed by atoms with Crippen molar-refractivity contribution < 1.29 is 18.8 Å². The van der Waals surface area contributed by atoms with Gasteiger partial charge in [-0.15, -0.1) is 0 Å². The molecule has 0 fully saturated rings. The molecular formula is C23H26N4O4. The van der Waals surface area contributed by atoms with Gasteiger partial charge in [0, 0.05) is 45.2 Å². The van der Waals surface area contributed by atoms with Gasteiger partial charge in [0.15, 0.2) is 6.61 Å². The summed E-state index contributed by atoms with van der Waals surface area (Å²) in [5, 5.41) is 3.78. The molecule has 0 saturated heterocycles. The second kappa shape index (κ2) is 9.88. The number of hydrogen-bond acceptors (Lipinski definition) is 6. The van der Waals surface area contributed by atoms with Gasteiger partial charge >= 0.3 is 0 Å². The predicted octanol–water partition coefficient (Wildman–Crippen LogP) is 3.32. The van der Waals surface area contributed by atoms with E-state index in [1.807, 2.05) is 19.1 Å². The fraction of sp³-hybridized carbons (Fsp3) is 0.304. The first-order chi connectivity index (χ1) is 14.9. The smallest absolute Gasteiger partial charge is 0.254 e. The fourth-order valence-corrected chi connectivity index (χ4v) is 2.98. The lowest BCUT2D eigenvalue weighted by Crippen LogP contribution is -2.30. The van der Waals surface area contributed by atoms with E-state index in [1.165, 1.54) is 4.90 Å². The van der Waals surface area contributed by atoms with Crippen molar-refractivity contribution in [2.24, 2.45) is 0 Å². The standard InChI is InChI=1S/C23H26N4O4/c1-5-27(14-17-6-8-18(9-7-17)22(28)26(3)4)23(29)19-10-12-20(13-11-19)30-15-21-24-16(2)31-25-21/h6-13H,5,14-15H2,1-4H3. The molecule has 2 amide bonds. The van der Waals surface area contributed by atoms with Gasteiger partial charge in [0.25, 0.3) is 11.8 Å². The van der Waals surface area contributed by atoms with Crippen molar-refractivity contribution >= 4 is 11.8 Å². The van der Waals surface area contributed by atoms with Crippen LogP contribution in [0.5, 0.6) is 5.75 Å². The van der Waals surface area contributed by atoms with Gasteiger partial charge in [0.2, 0.25) is 11.7 Å². The number of hydrogen-bond donors (Lipinski definition) is 0. The minimum absolute atomic E-state index is 0.0493. The first kappa shape index (κ1) is 22.0. The molecule has 8 nitrogen and oxygen atoms in total. The lowest BCUT2D eigenvalue weighted by molar-refractivity contribution is 0.0751. The summed E-state index contributed by atoms with van der Waals surface area (Å²) in [7, 11) is 3.44. The number of nitrogens with zero attached hydrogens (tertiary/aromatic N) is 4. The highest BCUT2D eigenvalue weighted by Gasteiger charge is 2.15. The molecule has 0 N–H and O–H groups in total. The molecule has 0 radical (unpaired) electrons. The minimum atomic E-state index is -0.0729. The maximum atomic E-state index is 12.9. The van der Waals surface area contributed by atoms with Gasteiger partial charge in [-0.3, -0.25) is 9.59 Å². The van der Waals surface area contributed by atoms with Crippen LogP contribution in [0.15, 0.2) is 53.1 Å². The summed E-state index contributed by atoms with van der Waals surface area (Å²) in [4.78, 5) is 32.3. The van der Waals surface area contributed by atoms with Crippen molar-refractivity contribution in [2.45, 2.75) is 27.0 Å². The van der Waals surface area contributed by atoms with Crippen molar-refractivity contribution in [2.75, 3.05) is 20.6 Å². The topological polar surface area (TPSA) is 88.8 Å². The number of ether oxygens (including phenoxy) is 1. The Balaban J connectivity index is 1.61. The van der Waals surface area contributed by atoms with Crippen LogP contribution in [0.1, 0.15) is 44.9 Å². The maximum Gasteiger partial charge on any atom is 0.254 e. The van der Waals surface area contributed by atoms with Gasteiger partial charge in [-0.2, -0.15) is 4.98 Å². The van der Waals surface area contributed by atoms with Crippen LogP contribution in [-0.4, -0.2) is 52.4 Å². The van der Waals surface area contributed by atoms with E-state index in [1.54, 1.807) is 62.3 Å². The zero-order valence-electron chi connectivity index (χ0n) is 18.2. The molecule has 0 spiro atoms. The summed E-state index contributed by atoms with van der Waals surface area (Å²) in [6, 6.07) is 14.3. The van der Waals surface area contributed by atoms with Gasteiger partial charge < -0.3 is 19.1 Å². The van der Waals surface area contributed by atoms with E-state index < -0.39 is 0 Å². The summed E-state index contributed by atoms with van der Waals surface area (Å²) < 4.78 is 10.5. The highest BCUT2D eigenvalue weighted by Crippen LogP contribution is 2.17. The van der Waals surface area contributed by atoms with E-state index in [2.05, 4.69) is 10.1 Å². The zero-order valence-corrected chi connectivity index (χ0v) is 18.2. The first-order valence-corrected chi connectivity index (χ1v) is 9.99. The van der Waals surface area contributed by atoms with Gasteiger partial charge in [0.1, 0.15) is 5.75 Å². The average Bonchev–Trinajstić information content (AvgIpc) is 3.21. The molecule has 0 bridgehead atoms. The highest BCUT2D eigenvalue weighted by molar-refractivity contribution is 5.95. The van der Waals surface area contributed by atoms with Crippen molar-refractivity contribution in [1.82, 2.24) is 19.9 Å². The number of carbonyl (C=O) groups excluding carboxylic acids is 2. The predicted molar refractivity (Wildman–Crippen MR) is 115 cm³/mol. The van der Waals surface area contributed by atoms with E-state index in [9.17, 15) is 9.59 Å². The van der Waals surface area contributed by atoms with Gasteiger partial charge in [-0.05, 0) is 48.9 Å². The average molecular weight is 422 g/mol. The van der Waals surface area contributed by atoms with Crippen molar-refractivity contribution in [3.05, 3.63) is 76.9 Å². The number of amides is 2. The third-order valence-corrected chi connectivity index (χ3v) is 4.69. The molecule has 1 heterocycles. The molecule has 0 aliphatic carbocycles. The molecule has 2 aromatic carbocycles. The fourth-order valence-electron chi connectivity index (χ4n) is 2.98. The second-order valence-electron chi connectivity index (χ2n) is 7.26. The Hall–Kier alpha value is -3.68. The van der Waals surface area contributed by atoms with Gasteiger partial charge in [0.05, 0.1) is 0 Å². The Morgan fingerprint density at radius 3 is 2.13 bits per heavy atom. The lowest BCUT2D eigenvalue weighted by atomic mass is 10.1. The minimum Gasteiger partial charge on any atom is -0.485 e. The summed E-state index contributed by atoms with van der Waals surface area (Å²) >= 11 is 0. The van der Waals surface area contributed by atoms with Crippen molar-refractivity contribution in [3.63, 3.8) is 0 Å². The van der Waals surface area contributed by atoms with E-state index >= 15 is 0 Å². The number of aromatic nitrogens is 2. The zero-order chi connectivity index (χ0) is 22.4. The molecule has 0 atom stereocenters. The Morgan fingerprint density at radius 2 is 1.58 bits per heavy atom. The maximum absolute atomic E-state index is 12.9. The molecular weight excluding hydrogens is 396 g/mol. The van der Waals surface area contributed by atoms with Crippen LogP contribution in [-0.2, 0) is 13.2 Å². The molecule has 8 heteroatoms. The SMILES string of the molecule is CCN(Cc1ccc(C(=O)N(C)C)cc1)C(=O)c1ccc(OCc2noc(C)n2)cc1. The number of rotatable bonds is 8. The number of carbonyl (C=O) groups is 2. The van der Waals surface area contributed by atoms with Gasteiger partial charge in [-0.1, -0.05) is 17.3 Å². The van der Waals surface area contributed by atoms with E-state index in [0.717, 1.165) is 5.56 Å². The van der Waals surface area contributed by atoms with Crippen LogP contribution in [0.2, 0.25) is 0 Å². The number of aryl methyl sites for hydroxylation is 1. The summed E-state index contributed by atoms with van der Waals surface area (Å²) in [5.41, 5.74) is 2.15. The molecule has 0 aliphatic heterocycles. The Kier molecular flexibility index (Phi) is 7.02. The van der Waals surface area contributed by atoms with Crippen LogP contribution < -0.4 is 4.74 Å². The molecule has 31 heavy (non-hydrogen) atoms. The van der Waals surface area contributed by atoms with E-state index in [0.29, 0.717) is 41.7 Å². The quantitative estimate of drug-likeness (QED) is 0.553.